The third kappa shape index (κ3) is 3.83. The number of H-pyrrole nitrogens is 1. The topological polar surface area (TPSA) is 101 Å². The van der Waals surface area contributed by atoms with E-state index in [-0.39, 0.29) is 24.1 Å². The molecule has 24 heavy (non-hydrogen) atoms. The number of carbonyl (C=O) groups is 2. The second-order valence-corrected chi connectivity index (χ2v) is 6.32. The van der Waals surface area contributed by atoms with E-state index >= 15 is 0 Å². The second-order valence-electron chi connectivity index (χ2n) is 5.35. The van der Waals surface area contributed by atoms with Crippen LogP contribution in [-0.4, -0.2) is 27.6 Å². The van der Waals surface area contributed by atoms with Crippen molar-refractivity contribution in [1.82, 2.24) is 15.3 Å². The van der Waals surface area contributed by atoms with E-state index < -0.39 is 5.69 Å². The second kappa shape index (κ2) is 6.88. The summed E-state index contributed by atoms with van der Waals surface area (Å²) < 4.78 is 5.03. The quantitative estimate of drug-likeness (QED) is 0.362. The largest absolute Gasteiger partial charge is 0.426 e. The molecular formula is C16H15N3O4S. The first kappa shape index (κ1) is 16.3. The van der Waals surface area contributed by atoms with Gasteiger partial charge in [0.25, 0.3) is 0 Å². The molecule has 2 aromatic rings. The number of esters is 1. The minimum absolute atomic E-state index is 0.158. The summed E-state index contributed by atoms with van der Waals surface area (Å²) in [5.74, 6) is 0.336. The number of ether oxygens (including phenoxy) is 1. The molecule has 124 valence electrons. The Bertz CT molecular complexity index is 863. The van der Waals surface area contributed by atoms with Gasteiger partial charge in [-0.25, -0.2) is 4.79 Å². The summed E-state index contributed by atoms with van der Waals surface area (Å²) in [6, 6.07) is 5.41. The molecule has 1 aliphatic heterocycles. The van der Waals surface area contributed by atoms with Crippen molar-refractivity contribution in [2.45, 2.75) is 24.9 Å². The van der Waals surface area contributed by atoms with Gasteiger partial charge in [-0.15, -0.1) is 0 Å². The predicted octanol–water partition coefficient (Wildman–Crippen LogP) is 0.948. The zero-order chi connectivity index (χ0) is 17.1. The van der Waals surface area contributed by atoms with Crippen molar-refractivity contribution in [2.75, 3.05) is 5.75 Å². The Labute approximate surface area is 141 Å². The van der Waals surface area contributed by atoms with Crippen molar-refractivity contribution in [3.05, 3.63) is 51.6 Å². The van der Waals surface area contributed by atoms with Crippen molar-refractivity contribution >= 4 is 23.6 Å². The lowest BCUT2D eigenvalue weighted by Crippen LogP contribution is -2.25. The highest BCUT2D eigenvalue weighted by Gasteiger charge is 2.20. The Hall–Kier alpha value is -2.61. The molecule has 0 unspecified atom stereocenters. The normalized spacial score (nSPS) is 12.6. The van der Waals surface area contributed by atoms with E-state index in [2.05, 4.69) is 15.3 Å². The zero-order valence-electron chi connectivity index (χ0n) is 12.9. The molecule has 8 heteroatoms. The number of rotatable bonds is 5. The van der Waals surface area contributed by atoms with Crippen molar-refractivity contribution in [1.29, 1.82) is 0 Å². The van der Waals surface area contributed by atoms with Crippen molar-refractivity contribution in [3.8, 4) is 5.75 Å². The van der Waals surface area contributed by atoms with Gasteiger partial charge in [-0.1, -0.05) is 17.8 Å². The fraction of sp³-hybridized carbons (Fsp3) is 0.250. The van der Waals surface area contributed by atoms with E-state index in [1.165, 1.54) is 11.8 Å². The van der Waals surface area contributed by atoms with Crippen LogP contribution in [0, 0.1) is 6.92 Å². The highest BCUT2D eigenvalue weighted by molar-refractivity contribution is 7.99. The van der Waals surface area contributed by atoms with Gasteiger partial charge < -0.3 is 15.0 Å². The van der Waals surface area contributed by atoms with Crippen LogP contribution in [0.4, 0.5) is 0 Å². The number of nitrogens with zero attached hydrogens (tertiary/aromatic N) is 1. The summed E-state index contributed by atoms with van der Waals surface area (Å²) in [4.78, 5) is 40.7. The molecule has 2 N–H and O–H groups in total. The molecule has 1 aliphatic rings. The highest BCUT2D eigenvalue weighted by Crippen LogP contribution is 2.26. The van der Waals surface area contributed by atoms with E-state index in [1.54, 1.807) is 12.3 Å². The number of benzene rings is 1. The van der Waals surface area contributed by atoms with Gasteiger partial charge in [0.1, 0.15) is 10.8 Å². The van der Waals surface area contributed by atoms with Gasteiger partial charge in [-0.3, -0.25) is 9.59 Å². The SMILES string of the molecule is Cc1c[nH]c(=O)nc1SCC(=O)NCc1ccc2c(c1)CC(=O)O2. The van der Waals surface area contributed by atoms with Gasteiger partial charge in [0.05, 0.1) is 12.2 Å². The lowest BCUT2D eigenvalue weighted by Gasteiger charge is -2.07. The summed E-state index contributed by atoms with van der Waals surface area (Å²) >= 11 is 1.22. The molecule has 0 saturated carbocycles. The number of fused-ring (bicyclic) bond motifs is 1. The number of nitrogens with one attached hydrogen (secondary N) is 2. The van der Waals surface area contributed by atoms with Crippen molar-refractivity contribution < 1.29 is 14.3 Å². The van der Waals surface area contributed by atoms with E-state index in [0.29, 0.717) is 17.3 Å². The van der Waals surface area contributed by atoms with Gasteiger partial charge in [0, 0.05) is 18.3 Å². The van der Waals surface area contributed by atoms with Crippen LogP contribution in [0.1, 0.15) is 16.7 Å². The van der Waals surface area contributed by atoms with Crippen LogP contribution in [0.3, 0.4) is 0 Å². The van der Waals surface area contributed by atoms with Crippen LogP contribution in [0.5, 0.6) is 5.75 Å². The third-order valence-electron chi connectivity index (χ3n) is 3.47. The van der Waals surface area contributed by atoms with Crippen molar-refractivity contribution in [2.24, 2.45) is 0 Å². The molecule has 2 heterocycles. The number of amides is 1. The Morgan fingerprint density at radius 2 is 2.25 bits per heavy atom. The summed E-state index contributed by atoms with van der Waals surface area (Å²) in [7, 11) is 0. The molecular weight excluding hydrogens is 330 g/mol. The summed E-state index contributed by atoms with van der Waals surface area (Å²) in [6.07, 6.45) is 1.84. The molecule has 1 aromatic heterocycles. The number of hydrogen-bond donors (Lipinski definition) is 2. The average molecular weight is 345 g/mol. The molecule has 3 rings (SSSR count). The fourth-order valence-corrected chi connectivity index (χ4v) is 3.07. The van der Waals surface area contributed by atoms with E-state index in [9.17, 15) is 14.4 Å². The van der Waals surface area contributed by atoms with Gasteiger partial charge >= 0.3 is 11.7 Å². The maximum absolute atomic E-state index is 11.9. The van der Waals surface area contributed by atoms with Gasteiger partial charge in [-0.2, -0.15) is 4.98 Å². The van der Waals surface area contributed by atoms with Crippen molar-refractivity contribution in [3.63, 3.8) is 0 Å². The molecule has 0 spiro atoms. The molecule has 7 nitrogen and oxygen atoms in total. The first-order chi connectivity index (χ1) is 11.5. The van der Waals surface area contributed by atoms with Crippen LogP contribution in [-0.2, 0) is 22.6 Å². The summed E-state index contributed by atoms with van der Waals surface area (Å²) in [6.45, 7) is 2.18. The number of aromatic nitrogens is 2. The predicted molar refractivity (Wildman–Crippen MR) is 87.9 cm³/mol. The average Bonchev–Trinajstić information content (AvgIpc) is 2.93. The van der Waals surface area contributed by atoms with Crippen LogP contribution in [0.2, 0.25) is 0 Å². The summed E-state index contributed by atoms with van der Waals surface area (Å²) in [5.41, 5.74) is 2.12. The van der Waals surface area contributed by atoms with Gasteiger partial charge in [0.2, 0.25) is 5.91 Å². The number of thioether (sulfide) groups is 1. The van der Waals surface area contributed by atoms with Crippen LogP contribution < -0.4 is 15.7 Å². The maximum atomic E-state index is 11.9. The zero-order valence-corrected chi connectivity index (χ0v) is 13.7. The number of aryl methyl sites for hydroxylation is 1. The third-order valence-corrected chi connectivity index (χ3v) is 4.56. The molecule has 0 fully saturated rings. The van der Waals surface area contributed by atoms with Crippen LogP contribution in [0.25, 0.3) is 0 Å². The minimum Gasteiger partial charge on any atom is -0.426 e. The van der Waals surface area contributed by atoms with Crippen LogP contribution >= 0.6 is 11.8 Å². The first-order valence-electron chi connectivity index (χ1n) is 7.29. The standard InChI is InChI=1S/C16H15N3O4S/c1-9-6-18-16(22)19-15(9)24-8-13(20)17-7-10-2-3-12-11(4-10)5-14(21)23-12/h2-4,6H,5,7-8H2,1H3,(H,17,20)(H,18,19,22). The Morgan fingerprint density at radius 3 is 3.08 bits per heavy atom. The van der Waals surface area contributed by atoms with Crippen LogP contribution in [0.15, 0.2) is 34.2 Å². The van der Waals surface area contributed by atoms with E-state index in [0.717, 1.165) is 16.7 Å². The van der Waals surface area contributed by atoms with E-state index in [1.807, 2.05) is 19.1 Å². The maximum Gasteiger partial charge on any atom is 0.345 e. The minimum atomic E-state index is -0.432. The number of aromatic amines is 1. The highest BCUT2D eigenvalue weighted by atomic mass is 32.2. The molecule has 0 saturated heterocycles. The molecule has 1 aromatic carbocycles. The molecule has 0 atom stereocenters. The first-order valence-corrected chi connectivity index (χ1v) is 8.28. The number of hydrogen-bond acceptors (Lipinski definition) is 6. The lowest BCUT2D eigenvalue weighted by molar-refractivity contribution is -0.131. The Morgan fingerprint density at radius 1 is 1.42 bits per heavy atom. The smallest absolute Gasteiger partial charge is 0.345 e. The van der Waals surface area contributed by atoms with Gasteiger partial charge in [-0.05, 0) is 30.2 Å². The lowest BCUT2D eigenvalue weighted by atomic mass is 10.1. The van der Waals surface area contributed by atoms with Gasteiger partial charge in [0.15, 0.2) is 0 Å². The Balaban J connectivity index is 1.53. The van der Waals surface area contributed by atoms with E-state index in [4.69, 9.17) is 4.74 Å². The fourth-order valence-electron chi connectivity index (χ4n) is 2.27. The molecule has 1 amide bonds. The molecule has 0 aliphatic carbocycles. The Kier molecular flexibility index (Phi) is 4.66. The monoisotopic (exact) mass is 345 g/mol. The number of carbonyl (C=O) groups excluding carboxylic acids is 2. The molecule has 0 radical (unpaired) electrons. The summed E-state index contributed by atoms with van der Waals surface area (Å²) in [5, 5.41) is 3.35. The molecule has 0 bridgehead atoms.